The smallest absolute Gasteiger partial charge is 0.328 e. The fourth-order valence-corrected chi connectivity index (χ4v) is 1.95. The lowest BCUT2D eigenvalue weighted by molar-refractivity contribution is -0.140. The molecule has 1 atom stereocenters. The number of fused-ring (bicyclic) bond motifs is 1. The number of carboxylic acid groups (broad SMARTS) is 1. The highest BCUT2D eigenvalue weighted by molar-refractivity contribution is 6.32. The quantitative estimate of drug-likeness (QED) is 0.839. The highest BCUT2D eigenvalue weighted by Gasteiger charge is 2.24. The molecule has 2 rings (SSSR count). The van der Waals surface area contributed by atoms with Gasteiger partial charge in [0.15, 0.2) is 17.5 Å². The number of carbonyl (C=O) groups is 2. The number of halogens is 1. The second kappa shape index (κ2) is 5.98. The number of nitrogens with one attached hydrogen (secondary N) is 1. The Morgan fingerprint density at radius 3 is 2.90 bits per heavy atom. The third kappa shape index (κ3) is 2.94. The number of carbonyl (C=O) groups excluding carboxylic acids is 1. The van der Waals surface area contributed by atoms with Crippen LogP contribution in [0.25, 0.3) is 0 Å². The van der Waals surface area contributed by atoms with Crippen LogP contribution >= 0.6 is 11.6 Å². The molecule has 1 amide bonds. The summed E-state index contributed by atoms with van der Waals surface area (Å²) < 4.78 is 15.0. The molecule has 8 heteroatoms. The molecular weight excluding hydrogens is 290 g/mol. The number of rotatable bonds is 5. The summed E-state index contributed by atoms with van der Waals surface area (Å²) in [6.45, 7) is -0.110. The Balaban J connectivity index is 2.17. The van der Waals surface area contributed by atoms with Gasteiger partial charge < -0.3 is 24.6 Å². The van der Waals surface area contributed by atoms with Gasteiger partial charge in [-0.1, -0.05) is 11.6 Å². The van der Waals surface area contributed by atoms with E-state index in [1.807, 2.05) is 0 Å². The van der Waals surface area contributed by atoms with E-state index < -0.39 is 17.9 Å². The van der Waals surface area contributed by atoms with E-state index in [0.717, 1.165) is 0 Å². The van der Waals surface area contributed by atoms with Crippen LogP contribution in [0.2, 0.25) is 5.02 Å². The highest BCUT2D eigenvalue weighted by Crippen LogP contribution is 2.39. The van der Waals surface area contributed by atoms with Crippen LogP contribution in [0.15, 0.2) is 12.1 Å². The first-order valence-corrected chi connectivity index (χ1v) is 6.02. The van der Waals surface area contributed by atoms with Crippen molar-refractivity contribution < 1.29 is 28.9 Å². The van der Waals surface area contributed by atoms with Crippen LogP contribution in [0.1, 0.15) is 10.4 Å². The molecule has 0 radical (unpaired) electrons. The van der Waals surface area contributed by atoms with Gasteiger partial charge in [0.05, 0.1) is 11.6 Å². The molecule has 0 bridgehead atoms. The molecule has 0 saturated carbocycles. The number of methoxy groups -OCH3 is 1. The van der Waals surface area contributed by atoms with Crippen molar-refractivity contribution in [1.29, 1.82) is 0 Å². The average molecular weight is 302 g/mol. The Kier molecular flexibility index (Phi) is 4.31. The molecule has 0 spiro atoms. The van der Waals surface area contributed by atoms with E-state index in [-0.39, 0.29) is 24.0 Å². The van der Waals surface area contributed by atoms with Crippen LogP contribution in [0, 0.1) is 0 Å². The SMILES string of the molecule is COCC(NC(=O)c1cc(Cl)c2c(c1)OCO2)C(=O)O. The molecule has 0 fully saturated rings. The molecule has 0 aliphatic carbocycles. The summed E-state index contributed by atoms with van der Waals surface area (Å²) in [5, 5.41) is 11.5. The number of hydrogen-bond donors (Lipinski definition) is 2. The van der Waals surface area contributed by atoms with Gasteiger partial charge in [-0.3, -0.25) is 4.79 Å². The predicted octanol–water partition coefficient (Wildman–Crippen LogP) is 0.898. The van der Waals surface area contributed by atoms with Crippen LogP contribution in [-0.4, -0.2) is 43.5 Å². The van der Waals surface area contributed by atoms with Gasteiger partial charge in [-0.15, -0.1) is 0 Å². The molecule has 2 N–H and O–H groups in total. The van der Waals surface area contributed by atoms with Crippen molar-refractivity contribution in [3.63, 3.8) is 0 Å². The van der Waals surface area contributed by atoms with Gasteiger partial charge in [0.25, 0.3) is 5.91 Å². The topological polar surface area (TPSA) is 94.1 Å². The molecule has 1 heterocycles. The van der Waals surface area contributed by atoms with Gasteiger partial charge in [-0.05, 0) is 12.1 Å². The molecule has 1 unspecified atom stereocenters. The standard InChI is InChI=1S/C12H12ClNO6/c1-18-4-8(12(16)17)14-11(15)6-2-7(13)10-9(3-6)19-5-20-10/h2-3,8H,4-5H2,1H3,(H,14,15)(H,16,17). The largest absolute Gasteiger partial charge is 0.480 e. The maximum Gasteiger partial charge on any atom is 0.328 e. The number of benzene rings is 1. The minimum Gasteiger partial charge on any atom is -0.480 e. The van der Waals surface area contributed by atoms with Gasteiger partial charge >= 0.3 is 5.97 Å². The molecule has 1 aromatic carbocycles. The van der Waals surface area contributed by atoms with E-state index in [9.17, 15) is 9.59 Å². The molecular formula is C12H12ClNO6. The molecule has 1 aromatic rings. The maximum absolute atomic E-state index is 12.0. The minimum atomic E-state index is -1.19. The Morgan fingerprint density at radius 2 is 2.25 bits per heavy atom. The van der Waals surface area contributed by atoms with Gasteiger partial charge in [0, 0.05) is 12.7 Å². The third-order valence-corrected chi connectivity index (χ3v) is 2.91. The Hall–Kier alpha value is -1.99. The summed E-state index contributed by atoms with van der Waals surface area (Å²) in [5.74, 6) is -1.06. The molecule has 108 valence electrons. The van der Waals surface area contributed by atoms with E-state index >= 15 is 0 Å². The predicted molar refractivity (Wildman–Crippen MR) is 68.3 cm³/mol. The number of ether oxygens (including phenoxy) is 3. The second-order valence-electron chi connectivity index (χ2n) is 4.01. The summed E-state index contributed by atoms with van der Waals surface area (Å²) in [6.07, 6.45) is 0. The van der Waals surface area contributed by atoms with Crippen molar-refractivity contribution in [2.75, 3.05) is 20.5 Å². The summed E-state index contributed by atoms with van der Waals surface area (Å²) in [7, 11) is 1.35. The van der Waals surface area contributed by atoms with E-state index in [1.165, 1.54) is 19.2 Å². The Labute approximate surface area is 119 Å². The molecule has 7 nitrogen and oxygen atoms in total. The molecule has 0 saturated heterocycles. The lowest BCUT2D eigenvalue weighted by atomic mass is 10.1. The number of hydrogen-bond acceptors (Lipinski definition) is 5. The Morgan fingerprint density at radius 1 is 1.50 bits per heavy atom. The van der Waals surface area contributed by atoms with Crippen LogP contribution in [0.3, 0.4) is 0 Å². The number of carboxylic acids is 1. The lowest BCUT2D eigenvalue weighted by Crippen LogP contribution is -2.43. The van der Waals surface area contributed by atoms with Crippen molar-refractivity contribution in [2.45, 2.75) is 6.04 Å². The van der Waals surface area contributed by atoms with Gasteiger partial charge in [-0.25, -0.2) is 4.79 Å². The van der Waals surface area contributed by atoms with Gasteiger partial charge in [-0.2, -0.15) is 0 Å². The highest BCUT2D eigenvalue weighted by atomic mass is 35.5. The third-order valence-electron chi connectivity index (χ3n) is 2.63. The zero-order valence-corrected chi connectivity index (χ0v) is 11.3. The fourth-order valence-electron chi connectivity index (χ4n) is 1.68. The maximum atomic E-state index is 12.0. The van der Waals surface area contributed by atoms with Crippen molar-refractivity contribution in [3.05, 3.63) is 22.7 Å². The molecule has 1 aliphatic heterocycles. The van der Waals surface area contributed by atoms with Gasteiger partial charge in [0.1, 0.15) is 0 Å². The minimum absolute atomic E-state index is 0.0293. The Bertz CT molecular complexity index is 547. The second-order valence-corrected chi connectivity index (χ2v) is 4.42. The summed E-state index contributed by atoms with van der Waals surface area (Å²) >= 11 is 5.95. The van der Waals surface area contributed by atoms with Gasteiger partial charge in [0.2, 0.25) is 6.79 Å². The van der Waals surface area contributed by atoms with Crippen molar-refractivity contribution in [3.8, 4) is 11.5 Å². The summed E-state index contributed by atoms with van der Waals surface area (Å²) in [4.78, 5) is 22.9. The lowest BCUT2D eigenvalue weighted by Gasteiger charge is -2.13. The first-order chi connectivity index (χ1) is 9.52. The van der Waals surface area contributed by atoms with Crippen LogP contribution in [0.4, 0.5) is 0 Å². The monoisotopic (exact) mass is 301 g/mol. The van der Waals surface area contributed by atoms with Crippen molar-refractivity contribution >= 4 is 23.5 Å². The van der Waals surface area contributed by atoms with Crippen LogP contribution in [-0.2, 0) is 9.53 Å². The zero-order valence-electron chi connectivity index (χ0n) is 10.5. The fraction of sp³-hybridized carbons (Fsp3) is 0.333. The normalized spacial score (nSPS) is 13.9. The first-order valence-electron chi connectivity index (χ1n) is 5.64. The number of aliphatic carboxylic acids is 1. The first kappa shape index (κ1) is 14.4. The molecule has 1 aliphatic rings. The van der Waals surface area contributed by atoms with Crippen LogP contribution < -0.4 is 14.8 Å². The average Bonchev–Trinajstić information content (AvgIpc) is 2.86. The van der Waals surface area contributed by atoms with E-state index in [0.29, 0.717) is 11.5 Å². The van der Waals surface area contributed by atoms with Crippen LogP contribution in [0.5, 0.6) is 11.5 Å². The number of amides is 1. The van der Waals surface area contributed by atoms with E-state index in [1.54, 1.807) is 0 Å². The summed E-state index contributed by atoms with van der Waals surface area (Å²) in [6, 6.07) is 1.68. The molecule has 0 aromatic heterocycles. The van der Waals surface area contributed by atoms with E-state index in [2.05, 4.69) is 5.32 Å². The summed E-state index contributed by atoms with van der Waals surface area (Å²) in [5.41, 5.74) is 0.182. The zero-order chi connectivity index (χ0) is 14.7. The molecule has 20 heavy (non-hydrogen) atoms. The van der Waals surface area contributed by atoms with E-state index in [4.69, 9.17) is 30.9 Å². The van der Waals surface area contributed by atoms with Crippen molar-refractivity contribution in [2.24, 2.45) is 0 Å². The van der Waals surface area contributed by atoms with Crippen molar-refractivity contribution in [1.82, 2.24) is 5.32 Å².